The molecule has 2 atom stereocenters. The molecular formula is C17H26ClN3O2S. The normalized spacial score (nSPS) is 20.8. The molecule has 7 heteroatoms. The van der Waals surface area contributed by atoms with Gasteiger partial charge in [-0.3, -0.25) is 15.0 Å². The first-order chi connectivity index (χ1) is 11.5. The van der Waals surface area contributed by atoms with E-state index in [9.17, 15) is 9.59 Å². The fraction of sp³-hybridized carbons (Fsp3) is 0.647. The Bertz CT molecular complexity index is 564. The van der Waals surface area contributed by atoms with Crippen LogP contribution in [-0.2, 0) is 11.3 Å². The third kappa shape index (κ3) is 6.07. The molecule has 0 aromatic carbocycles. The summed E-state index contributed by atoms with van der Waals surface area (Å²) in [6, 6.07) is 3.61. The van der Waals surface area contributed by atoms with Gasteiger partial charge in [0.2, 0.25) is 5.91 Å². The van der Waals surface area contributed by atoms with Crippen LogP contribution in [0.15, 0.2) is 12.1 Å². The highest BCUT2D eigenvalue weighted by molar-refractivity contribution is 7.16. The lowest BCUT2D eigenvalue weighted by Crippen LogP contribution is -2.49. The van der Waals surface area contributed by atoms with Gasteiger partial charge in [0.25, 0.3) is 0 Å². The van der Waals surface area contributed by atoms with Crippen molar-refractivity contribution in [1.29, 1.82) is 0 Å². The van der Waals surface area contributed by atoms with E-state index in [1.807, 2.05) is 24.0 Å². The van der Waals surface area contributed by atoms with Crippen molar-refractivity contribution in [2.75, 3.05) is 13.1 Å². The van der Waals surface area contributed by atoms with Crippen molar-refractivity contribution in [3.05, 3.63) is 21.3 Å². The molecule has 1 heterocycles. The summed E-state index contributed by atoms with van der Waals surface area (Å²) in [6.45, 7) is 5.72. The van der Waals surface area contributed by atoms with Crippen molar-refractivity contribution in [2.24, 2.45) is 5.92 Å². The average Bonchev–Trinajstić information content (AvgIpc) is 2.94. The maximum Gasteiger partial charge on any atom is 0.321 e. The molecule has 0 aliphatic heterocycles. The van der Waals surface area contributed by atoms with Crippen LogP contribution in [0.1, 0.15) is 44.4 Å². The zero-order valence-electron chi connectivity index (χ0n) is 14.3. The predicted molar refractivity (Wildman–Crippen MR) is 98.4 cm³/mol. The molecule has 3 amide bonds. The first kappa shape index (κ1) is 19.2. The standard InChI is InChI=1S/C17H26ClN3O2S/c1-3-21(10-13-8-9-15(18)24-13)11-16(22)20-17(23)19-14-7-5-4-6-12(14)2/h8-9,12,14H,3-7,10-11H2,1-2H3,(H2,19,20,22,23). The van der Waals surface area contributed by atoms with E-state index >= 15 is 0 Å². The molecule has 5 nitrogen and oxygen atoms in total. The Morgan fingerprint density at radius 2 is 2.08 bits per heavy atom. The average molecular weight is 372 g/mol. The van der Waals surface area contributed by atoms with E-state index in [4.69, 9.17) is 11.6 Å². The summed E-state index contributed by atoms with van der Waals surface area (Å²) < 4.78 is 0.742. The highest BCUT2D eigenvalue weighted by Crippen LogP contribution is 2.24. The SMILES string of the molecule is CCN(CC(=O)NC(=O)NC1CCCCC1C)Cc1ccc(Cl)s1. The molecule has 1 aromatic rings. The molecule has 24 heavy (non-hydrogen) atoms. The Balaban J connectivity index is 1.76. The van der Waals surface area contributed by atoms with Crippen molar-refractivity contribution in [2.45, 2.75) is 52.1 Å². The minimum atomic E-state index is -0.381. The summed E-state index contributed by atoms with van der Waals surface area (Å²) in [5, 5.41) is 5.39. The molecule has 1 saturated carbocycles. The Labute approximate surface area is 152 Å². The summed E-state index contributed by atoms with van der Waals surface area (Å²) >= 11 is 7.44. The number of imide groups is 1. The minimum Gasteiger partial charge on any atom is -0.335 e. The van der Waals surface area contributed by atoms with Gasteiger partial charge in [-0.2, -0.15) is 0 Å². The van der Waals surface area contributed by atoms with Gasteiger partial charge in [0, 0.05) is 17.5 Å². The van der Waals surface area contributed by atoms with Gasteiger partial charge in [-0.1, -0.05) is 38.3 Å². The molecule has 2 N–H and O–H groups in total. The van der Waals surface area contributed by atoms with E-state index < -0.39 is 0 Å². The number of rotatable bonds is 6. The zero-order chi connectivity index (χ0) is 17.5. The number of carbonyl (C=O) groups excluding carboxylic acids is 2. The van der Waals surface area contributed by atoms with Crippen molar-refractivity contribution < 1.29 is 9.59 Å². The van der Waals surface area contributed by atoms with Crippen LogP contribution >= 0.6 is 22.9 Å². The number of nitrogens with one attached hydrogen (secondary N) is 2. The Morgan fingerprint density at radius 1 is 1.33 bits per heavy atom. The third-order valence-electron chi connectivity index (χ3n) is 4.50. The number of amides is 3. The minimum absolute atomic E-state index is 0.169. The van der Waals surface area contributed by atoms with E-state index in [1.54, 1.807) is 0 Å². The number of hydrogen-bond acceptors (Lipinski definition) is 4. The second-order valence-electron chi connectivity index (χ2n) is 6.40. The maximum absolute atomic E-state index is 12.1. The van der Waals surface area contributed by atoms with E-state index in [2.05, 4.69) is 17.6 Å². The van der Waals surface area contributed by atoms with Crippen LogP contribution in [-0.4, -0.2) is 36.0 Å². The summed E-state index contributed by atoms with van der Waals surface area (Å²) in [4.78, 5) is 27.2. The fourth-order valence-electron chi connectivity index (χ4n) is 3.04. The highest BCUT2D eigenvalue weighted by atomic mass is 35.5. The molecule has 0 saturated heterocycles. The molecule has 2 rings (SSSR count). The van der Waals surface area contributed by atoms with Crippen molar-refractivity contribution >= 4 is 34.9 Å². The second-order valence-corrected chi connectivity index (χ2v) is 8.20. The number of thiophene rings is 1. The van der Waals surface area contributed by atoms with Gasteiger partial charge in [0.05, 0.1) is 10.9 Å². The number of nitrogens with zero attached hydrogens (tertiary/aromatic N) is 1. The molecule has 2 unspecified atom stereocenters. The number of likely N-dealkylation sites (N-methyl/N-ethyl adjacent to an activating group) is 1. The lowest BCUT2D eigenvalue weighted by Gasteiger charge is -2.29. The van der Waals surface area contributed by atoms with Gasteiger partial charge >= 0.3 is 6.03 Å². The molecule has 0 radical (unpaired) electrons. The summed E-state index contributed by atoms with van der Waals surface area (Å²) in [5.41, 5.74) is 0. The Hall–Kier alpha value is -1.11. The molecule has 1 aliphatic carbocycles. The van der Waals surface area contributed by atoms with Gasteiger partial charge < -0.3 is 5.32 Å². The van der Waals surface area contributed by atoms with E-state index in [1.165, 1.54) is 17.8 Å². The summed E-state index contributed by atoms with van der Waals surface area (Å²) in [7, 11) is 0. The number of halogens is 1. The van der Waals surface area contributed by atoms with Gasteiger partial charge in [-0.15, -0.1) is 11.3 Å². The molecule has 0 spiro atoms. The zero-order valence-corrected chi connectivity index (χ0v) is 15.9. The van der Waals surface area contributed by atoms with E-state index in [0.29, 0.717) is 12.5 Å². The molecule has 1 aromatic heterocycles. The van der Waals surface area contributed by atoms with Gasteiger partial charge in [0.15, 0.2) is 0 Å². The van der Waals surface area contributed by atoms with Crippen LogP contribution in [0, 0.1) is 5.92 Å². The van der Waals surface area contributed by atoms with E-state index in [-0.39, 0.29) is 24.5 Å². The van der Waals surface area contributed by atoms with Crippen molar-refractivity contribution in [3.8, 4) is 0 Å². The van der Waals surface area contributed by atoms with E-state index in [0.717, 1.165) is 35.0 Å². The first-order valence-corrected chi connectivity index (χ1v) is 9.74. The number of carbonyl (C=O) groups is 2. The highest BCUT2D eigenvalue weighted by Gasteiger charge is 2.23. The predicted octanol–water partition coefficient (Wildman–Crippen LogP) is 3.63. The Morgan fingerprint density at radius 3 is 2.71 bits per heavy atom. The number of urea groups is 1. The molecule has 1 fully saturated rings. The van der Waals surface area contributed by atoms with Crippen LogP contribution in [0.2, 0.25) is 4.34 Å². The van der Waals surface area contributed by atoms with Crippen LogP contribution in [0.5, 0.6) is 0 Å². The molecule has 134 valence electrons. The van der Waals surface area contributed by atoms with Crippen molar-refractivity contribution in [1.82, 2.24) is 15.5 Å². The first-order valence-electron chi connectivity index (χ1n) is 8.54. The van der Waals surface area contributed by atoms with Crippen LogP contribution in [0.4, 0.5) is 4.79 Å². The third-order valence-corrected chi connectivity index (χ3v) is 5.72. The summed E-state index contributed by atoms with van der Waals surface area (Å²) in [6.07, 6.45) is 4.48. The quantitative estimate of drug-likeness (QED) is 0.802. The monoisotopic (exact) mass is 371 g/mol. The fourth-order valence-corrected chi connectivity index (χ4v) is 4.17. The Kier molecular flexibility index (Phi) is 7.52. The topological polar surface area (TPSA) is 61.4 Å². The van der Waals surface area contributed by atoms with Crippen LogP contribution < -0.4 is 10.6 Å². The van der Waals surface area contributed by atoms with Crippen molar-refractivity contribution in [3.63, 3.8) is 0 Å². The van der Waals surface area contributed by atoms with Gasteiger partial charge in [-0.05, 0) is 37.4 Å². The second kappa shape index (κ2) is 9.39. The van der Waals surface area contributed by atoms with Crippen LogP contribution in [0.3, 0.4) is 0 Å². The molecule has 0 bridgehead atoms. The van der Waals surface area contributed by atoms with Crippen LogP contribution in [0.25, 0.3) is 0 Å². The van der Waals surface area contributed by atoms with Gasteiger partial charge in [-0.25, -0.2) is 4.79 Å². The largest absolute Gasteiger partial charge is 0.335 e. The smallest absolute Gasteiger partial charge is 0.321 e. The number of hydrogen-bond donors (Lipinski definition) is 2. The van der Waals surface area contributed by atoms with Gasteiger partial charge in [0.1, 0.15) is 0 Å². The molecular weight excluding hydrogens is 346 g/mol. The lowest BCUT2D eigenvalue weighted by atomic mass is 9.86. The summed E-state index contributed by atoms with van der Waals surface area (Å²) in [5.74, 6) is 0.191. The molecule has 1 aliphatic rings. The maximum atomic E-state index is 12.1. The lowest BCUT2D eigenvalue weighted by molar-refractivity contribution is -0.121.